The zero-order chi connectivity index (χ0) is 26.2. The molecule has 7 nitrogen and oxygen atoms in total. The van der Waals surface area contributed by atoms with Crippen molar-refractivity contribution in [3.63, 3.8) is 0 Å². The van der Waals surface area contributed by atoms with Crippen LogP contribution in [0.3, 0.4) is 0 Å². The molecule has 36 heavy (non-hydrogen) atoms. The fourth-order valence-electron chi connectivity index (χ4n) is 3.72. The molecule has 2 aromatic carbocycles. The standard InChI is InChI=1S/C29H36N2O5/c1-3-5-17-28(34)36-26(23-15-10-7-11-16-23)20-30-29(35)24(12-4-2)19-27(33)31-25(21-32)18-22-13-8-6-9-14-22/h3-4,6-11,13-16,24-26,32H,1-2,5,12,17-21H2,(H,30,35)(H,31,33)/t24-,25+,26+/m0/s1. The maximum atomic E-state index is 13.0. The van der Waals surface area contributed by atoms with Crippen LogP contribution in [0.4, 0.5) is 0 Å². The van der Waals surface area contributed by atoms with Crippen LogP contribution in [-0.4, -0.2) is 42.1 Å². The van der Waals surface area contributed by atoms with Crippen molar-refractivity contribution in [1.82, 2.24) is 10.6 Å². The first kappa shape index (κ1) is 28.5. The Labute approximate surface area is 213 Å². The van der Waals surface area contributed by atoms with E-state index >= 15 is 0 Å². The van der Waals surface area contributed by atoms with Gasteiger partial charge in [-0.3, -0.25) is 14.4 Å². The summed E-state index contributed by atoms with van der Waals surface area (Å²) >= 11 is 0. The Balaban J connectivity index is 1.97. The lowest BCUT2D eigenvalue weighted by molar-refractivity contribution is -0.150. The van der Waals surface area contributed by atoms with E-state index in [0.29, 0.717) is 19.3 Å². The first-order valence-electron chi connectivity index (χ1n) is 12.1. The molecule has 0 unspecified atom stereocenters. The van der Waals surface area contributed by atoms with Gasteiger partial charge in [-0.2, -0.15) is 0 Å². The second-order valence-electron chi connectivity index (χ2n) is 8.52. The summed E-state index contributed by atoms with van der Waals surface area (Å²) in [5.41, 5.74) is 1.75. The molecule has 0 aliphatic rings. The van der Waals surface area contributed by atoms with E-state index in [0.717, 1.165) is 11.1 Å². The van der Waals surface area contributed by atoms with Crippen LogP contribution in [0.25, 0.3) is 0 Å². The lowest BCUT2D eigenvalue weighted by atomic mass is 9.98. The number of hydrogen-bond donors (Lipinski definition) is 3. The number of carbonyl (C=O) groups excluding carboxylic acids is 3. The van der Waals surface area contributed by atoms with Gasteiger partial charge in [0.2, 0.25) is 11.8 Å². The van der Waals surface area contributed by atoms with E-state index in [1.807, 2.05) is 60.7 Å². The Morgan fingerprint density at radius 2 is 1.64 bits per heavy atom. The van der Waals surface area contributed by atoms with Crippen LogP contribution >= 0.6 is 0 Å². The minimum atomic E-state index is -0.657. The quantitative estimate of drug-likeness (QED) is 0.245. The van der Waals surface area contributed by atoms with E-state index in [-0.39, 0.29) is 43.8 Å². The van der Waals surface area contributed by atoms with Crippen LogP contribution in [0.2, 0.25) is 0 Å². The lowest BCUT2D eigenvalue weighted by Gasteiger charge is -2.22. The third-order valence-electron chi connectivity index (χ3n) is 5.62. The van der Waals surface area contributed by atoms with Gasteiger partial charge in [0.15, 0.2) is 0 Å². The third-order valence-corrected chi connectivity index (χ3v) is 5.62. The number of aliphatic hydroxyl groups excluding tert-OH is 1. The predicted molar refractivity (Wildman–Crippen MR) is 140 cm³/mol. The molecule has 0 spiro atoms. The molecule has 2 aromatic rings. The summed E-state index contributed by atoms with van der Waals surface area (Å²) in [5.74, 6) is -1.70. The molecule has 3 atom stereocenters. The van der Waals surface area contributed by atoms with Crippen LogP contribution in [0.15, 0.2) is 86.0 Å². The second kappa shape index (κ2) is 16.1. The molecule has 0 heterocycles. The number of benzene rings is 2. The van der Waals surface area contributed by atoms with E-state index in [9.17, 15) is 19.5 Å². The Morgan fingerprint density at radius 3 is 2.25 bits per heavy atom. The smallest absolute Gasteiger partial charge is 0.306 e. The normalized spacial score (nSPS) is 13.0. The molecule has 7 heteroatoms. The van der Waals surface area contributed by atoms with Gasteiger partial charge in [-0.25, -0.2) is 0 Å². The molecule has 2 amide bonds. The van der Waals surface area contributed by atoms with Crippen molar-refractivity contribution in [3.05, 3.63) is 97.1 Å². The maximum Gasteiger partial charge on any atom is 0.306 e. The molecule has 0 bridgehead atoms. The van der Waals surface area contributed by atoms with E-state index in [4.69, 9.17) is 4.74 Å². The molecular formula is C29H36N2O5. The van der Waals surface area contributed by atoms with E-state index in [1.54, 1.807) is 12.2 Å². The average molecular weight is 493 g/mol. The second-order valence-corrected chi connectivity index (χ2v) is 8.52. The minimum absolute atomic E-state index is 0.0573. The summed E-state index contributed by atoms with van der Waals surface area (Å²) in [7, 11) is 0. The summed E-state index contributed by atoms with van der Waals surface area (Å²) in [6, 6.07) is 18.3. The molecule has 0 fully saturated rings. The van der Waals surface area contributed by atoms with Crippen molar-refractivity contribution in [1.29, 1.82) is 0 Å². The van der Waals surface area contributed by atoms with Gasteiger partial charge in [-0.05, 0) is 30.4 Å². The van der Waals surface area contributed by atoms with Gasteiger partial charge in [0.1, 0.15) is 6.10 Å². The number of allylic oxidation sites excluding steroid dienone is 2. The number of aliphatic hydroxyl groups is 1. The summed E-state index contributed by atoms with van der Waals surface area (Å²) in [6.07, 6.45) is 4.02. The predicted octanol–water partition coefficient (Wildman–Crippen LogP) is 3.66. The fraction of sp³-hybridized carbons (Fsp3) is 0.345. The third kappa shape index (κ3) is 10.3. The molecular weight excluding hydrogens is 456 g/mol. The summed E-state index contributed by atoms with van der Waals surface area (Å²) < 4.78 is 5.60. The Morgan fingerprint density at radius 1 is 0.972 bits per heavy atom. The van der Waals surface area contributed by atoms with E-state index < -0.39 is 18.1 Å². The molecule has 2 rings (SSSR count). The molecule has 0 saturated heterocycles. The summed E-state index contributed by atoms with van der Waals surface area (Å²) in [6.45, 7) is 7.18. The minimum Gasteiger partial charge on any atom is -0.456 e. The van der Waals surface area contributed by atoms with Gasteiger partial charge in [0, 0.05) is 12.8 Å². The first-order valence-corrected chi connectivity index (χ1v) is 12.1. The van der Waals surface area contributed by atoms with Crippen LogP contribution in [0.5, 0.6) is 0 Å². The number of nitrogens with one attached hydrogen (secondary N) is 2. The number of esters is 1. The van der Waals surface area contributed by atoms with Crippen molar-refractivity contribution in [3.8, 4) is 0 Å². The van der Waals surface area contributed by atoms with Crippen molar-refractivity contribution < 1.29 is 24.2 Å². The van der Waals surface area contributed by atoms with Gasteiger partial charge in [-0.1, -0.05) is 72.8 Å². The molecule has 3 N–H and O–H groups in total. The molecule has 192 valence electrons. The largest absolute Gasteiger partial charge is 0.456 e. The van der Waals surface area contributed by atoms with Crippen molar-refractivity contribution >= 4 is 17.8 Å². The zero-order valence-corrected chi connectivity index (χ0v) is 20.6. The topological polar surface area (TPSA) is 105 Å². The SMILES string of the molecule is C=CCCC(=O)O[C@H](CNC(=O)[C@@H](CC=C)CC(=O)N[C@@H](CO)Cc1ccccc1)c1ccccc1. The first-order chi connectivity index (χ1) is 17.5. The number of rotatable bonds is 16. The van der Waals surface area contributed by atoms with Crippen molar-refractivity contribution in [2.24, 2.45) is 5.92 Å². The van der Waals surface area contributed by atoms with Crippen molar-refractivity contribution in [2.75, 3.05) is 13.2 Å². The van der Waals surface area contributed by atoms with Crippen LogP contribution < -0.4 is 10.6 Å². The molecule has 0 saturated carbocycles. The van der Waals surface area contributed by atoms with E-state index in [1.165, 1.54) is 0 Å². The molecule has 0 aliphatic heterocycles. The Hall–Kier alpha value is -3.71. The van der Waals surface area contributed by atoms with Gasteiger partial charge in [-0.15, -0.1) is 13.2 Å². The lowest BCUT2D eigenvalue weighted by Crippen LogP contribution is -2.42. The Bertz CT molecular complexity index is 978. The molecule has 0 radical (unpaired) electrons. The van der Waals surface area contributed by atoms with Gasteiger partial charge < -0.3 is 20.5 Å². The van der Waals surface area contributed by atoms with Crippen molar-refractivity contribution in [2.45, 2.75) is 44.2 Å². The highest BCUT2D eigenvalue weighted by Crippen LogP contribution is 2.19. The van der Waals surface area contributed by atoms with Gasteiger partial charge in [0.05, 0.1) is 25.1 Å². The highest BCUT2D eigenvalue weighted by atomic mass is 16.5. The zero-order valence-electron chi connectivity index (χ0n) is 20.6. The maximum absolute atomic E-state index is 13.0. The number of ether oxygens (including phenoxy) is 1. The highest BCUT2D eigenvalue weighted by Gasteiger charge is 2.24. The number of carbonyl (C=O) groups is 3. The van der Waals surface area contributed by atoms with Gasteiger partial charge >= 0.3 is 5.97 Å². The Kier molecular flexibility index (Phi) is 12.7. The van der Waals surface area contributed by atoms with Crippen LogP contribution in [-0.2, 0) is 25.5 Å². The number of hydrogen-bond acceptors (Lipinski definition) is 5. The van der Waals surface area contributed by atoms with E-state index in [2.05, 4.69) is 23.8 Å². The molecule has 0 aliphatic carbocycles. The van der Waals surface area contributed by atoms with Crippen LogP contribution in [0, 0.1) is 5.92 Å². The highest BCUT2D eigenvalue weighted by molar-refractivity contribution is 5.86. The van der Waals surface area contributed by atoms with Gasteiger partial charge in [0.25, 0.3) is 0 Å². The number of amides is 2. The monoisotopic (exact) mass is 492 g/mol. The molecule has 0 aromatic heterocycles. The average Bonchev–Trinajstić information content (AvgIpc) is 2.90. The summed E-state index contributed by atoms with van der Waals surface area (Å²) in [5, 5.41) is 15.3. The fourth-order valence-corrected chi connectivity index (χ4v) is 3.72. The van der Waals surface area contributed by atoms with Crippen LogP contribution in [0.1, 0.15) is 42.9 Å². The summed E-state index contributed by atoms with van der Waals surface area (Å²) in [4.78, 5) is 37.9.